The molecule has 0 bridgehead atoms. The molecule has 0 saturated heterocycles. The van der Waals surface area contributed by atoms with Crippen LogP contribution < -0.4 is 14.8 Å². The SMILES string of the molecule is O=C(Nc1cc(F)cc(OC(F)(F)F)c1)Oc1ccccc1. The number of anilines is 1. The van der Waals surface area contributed by atoms with E-state index in [1.165, 1.54) is 12.1 Å². The number of hydrogen-bond acceptors (Lipinski definition) is 3. The van der Waals surface area contributed by atoms with Gasteiger partial charge in [-0.2, -0.15) is 0 Å². The molecule has 4 nitrogen and oxygen atoms in total. The maximum atomic E-state index is 13.2. The number of benzene rings is 2. The molecule has 8 heteroatoms. The normalized spacial score (nSPS) is 10.9. The Morgan fingerprint density at radius 3 is 2.32 bits per heavy atom. The molecule has 1 amide bonds. The van der Waals surface area contributed by atoms with E-state index >= 15 is 0 Å². The van der Waals surface area contributed by atoms with E-state index in [4.69, 9.17) is 4.74 Å². The molecule has 0 atom stereocenters. The van der Waals surface area contributed by atoms with E-state index in [0.717, 1.165) is 12.1 Å². The predicted molar refractivity (Wildman–Crippen MR) is 69.2 cm³/mol. The Morgan fingerprint density at radius 2 is 1.68 bits per heavy atom. The van der Waals surface area contributed by atoms with Gasteiger partial charge in [0.05, 0.1) is 5.69 Å². The Kier molecular flexibility index (Phi) is 4.50. The van der Waals surface area contributed by atoms with Crippen molar-refractivity contribution < 1.29 is 31.8 Å². The van der Waals surface area contributed by atoms with Gasteiger partial charge in [0.25, 0.3) is 0 Å². The van der Waals surface area contributed by atoms with Crippen LogP contribution in [0.1, 0.15) is 0 Å². The van der Waals surface area contributed by atoms with Crippen LogP contribution in [0.15, 0.2) is 48.5 Å². The molecule has 1 N–H and O–H groups in total. The Morgan fingerprint density at radius 1 is 1.00 bits per heavy atom. The molecular weight excluding hydrogens is 306 g/mol. The number of halogens is 4. The topological polar surface area (TPSA) is 47.6 Å². The minimum absolute atomic E-state index is 0.225. The number of amides is 1. The van der Waals surface area contributed by atoms with Crippen molar-refractivity contribution in [2.75, 3.05) is 5.32 Å². The van der Waals surface area contributed by atoms with Crippen molar-refractivity contribution in [3.8, 4) is 11.5 Å². The average molecular weight is 315 g/mol. The molecule has 0 radical (unpaired) electrons. The fourth-order valence-corrected chi connectivity index (χ4v) is 1.57. The summed E-state index contributed by atoms with van der Waals surface area (Å²) in [6, 6.07) is 10.2. The molecule has 2 rings (SSSR count). The first kappa shape index (κ1) is 15.6. The minimum Gasteiger partial charge on any atom is -0.410 e. The summed E-state index contributed by atoms with van der Waals surface area (Å²) in [4.78, 5) is 11.6. The van der Waals surface area contributed by atoms with Crippen LogP contribution in [0.3, 0.4) is 0 Å². The summed E-state index contributed by atoms with van der Waals surface area (Å²) in [5.41, 5.74) is -0.236. The van der Waals surface area contributed by atoms with Crippen LogP contribution in [0.2, 0.25) is 0 Å². The van der Waals surface area contributed by atoms with Crippen molar-refractivity contribution in [1.82, 2.24) is 0 Å². The van der Waals surface area contributed by atoms with Gasteiger partial charge in [0.1, 0.15) is 17.3 Å². The molecule has 116 valence electrons. The highest BCUT2D eigenvalue weighted by molar-refractivity contribution is 5.86. The monoisotopic (exact) mass is 315 g/mol. The zero-order valence-electron chi connectivity index (χ0n) is 10.9. The van der Waals surface area contributed by atoms with Gasteiger partial charge in [0.2, 0.25) is 0 Å². The summed E-state index contributed by atoms with van der Waals surface area (Å²) in [5.74, 6) is -1.57. The molecule has 0 saturated carbocycles. The van der Waals surface area contributed by atoms with E-state index in [1.54, 1.807) is 18.2 Å². The van der Waals surface area contributed by atoms with Crippen LogP contribution in [0.5, 0.6) is 11.5 Å². The number of carbonyl (C=O) groups is 1. The fraction of sp³-hybridized carbons (Fsp3) is 0.0714. The minimum atomic E-state index is -4.96. The van der Waals surface area contributed by atoms with Gasteiger partial charge in [-0.1, -0.05) is 18.2 Å². The zero-order valence-corrected chi connectivity index (χ0v) is 10.9. The standard InChI is InChI=1S/C14H9F4NO3/c15-9-6-10(8-12(7-9)22-14(16,17)18)19-13(20)21-11-4-2-1-3-5-11/h1-8H,(H,19,20). The first-order valence-corrected chi connectivity index (χ1v) is 5.92. The largest absolute Gasteiger partial charge is 0.573 e. The number of ether oxygens (including phenoxy) is 2. The summed E-state index contributed by atoms with van der Waals surface area (Å²) < 4.78 is 58.0. The second kappa shape index (κ2) is 6.33. The molecule has 0 aliphatic rings. The predicted octanol–water partition coefficient (Wildman–Crippen LogP) is 4.34. The van der Waals surface area contributed by atoms with Gasteiger partial charge in [0.15, 0.2) is 0 Å². The lowest BCUT2D eigenvalue weighted by atomic mass is 10.3. The Balaban J connectivity index is 2.07. The number of nitrogens with one attached hydrogen (secondary N) is 1. The Bertz CT molecular complexity index is 659. The van der Waals surface area contributed by atoms with E-state index in [2.05, 4.69) is 10.1 Å². The third kappa shape index (κ3) is 4.97. The first-order valence-electron chi connectivity index (χ1n) is 5.92. The Hall–Kier alpha value is -2.77. The van der Waals surface area contributed by atoms with Crippen LogP contribution in [-0.2, 0) is 0 Å². The summed E-state index contributed by atoms with van der Waals surface area (Å²) in [6.45, 7) is 0. The zero-order chi connectivity index (χ0) is 16.2. The van der Waals surface area contributed by atoms with Crippen LogP contribution in [0.4, 0.5) is 28.0 Å². The van der Waals surface area contributed by atoms with Gasteiger partial charge in [-0.15, -0.1) is 13.2 Å². The van der Waals surface area contributed by atoms with Gasteiger partial charge in [-0.3, -0.25) is 5.32 Å². The second-order valence-electron chi connectivity index (χ2n) is 4.05. The molecule has 2 aromatic rings. The van der Waals surface area contributed by atoms with Crippen LogP contribution in [0, 0.1) is 5.82 Å². The number of alkyl halides is 3. The molecule has 0 heterocycles. The lowest BCUT2D eigenvalue weighted by Gasteiger charge is -2.11. The van der Waals surface area contributed by atoms with Crippen molar-refractivity contribution in [1.29, 1.82) is 0 Å². The molecular formula is C14H9F4NO3. The maximum absolute atomic E-state index is 13.2. The van der Waals surface area contributed by atoms with Crippen molar-refractivity contribution in [2.24, 2.45) is 0 Å². The van der Waals surface area contributed by atoms with Crippen molar-refractivity contribution >= 4 is 11.8 Å². The Labute approximate surface area is 122 Å². The number of rotatable bonds is 3. The summed E-state index contributed by atoms with van der Waals surface area (Å²) in [7, 11) is 0. The van der Waals surface area contributed by atoms with Gasteiger partial charge < -0.3 is 9.47 Å². The molecule has 0 aromatic heterocycles. The van der Waals surface area contributed by atoms with Gasteiger partial charge in [0, 0.05) is 12.1 Å². The second-order valence-corrected chi connectivity index (χ2v) is 4.05. The number of para-hydroxylation sites is 1. The van der Waals surface area contributed by atoms with Crippen molar-refractivity contribution in [2.45, 2.75) is 6.36 Å². The van der Waals surface area contributed by atoms with Crippen LogP contribution in [-0.4, -0.2) is 12.5 Å². The number of hydrogen-bond donors (Lipinski definition) is 1. The fourth-order valence-electron chi connectivity index (χ4n) is 1.57. The third-order valence-electron chi connectivity index (χ3n) is 2.31. The molecule has 0 spiro atoms. The highest BCUT2D eigenvalue weighted by atomic mass is 19.4. The molecule has 0 aliphatic carbocycles. The highest BCUT2D eigenvalue weighted by Gasteiger charge is 2.31. The average Bonchev–Trinajstić information content (AvgIpc) is 2.36. The quantitative estimate of drug-likeness (QED) is 0.857. The van der Waals surface area contributed by atoms with Crippen molar-refractivity contribution in [3.05, 3.63) is 54.3 Å². The maximum Gasteiger partial charge on any atom is 0.573 e. The molecule has 2 aromatic carbocycles. The first-order chi connectivity index (χ1) is 10.3. The van der Waals surface area contributed by atoms with E-state index in [9.17, 15) is 22.4 Å². The van der Waals surface area contributed by atoms with Crippen molar-refractivity contribution in [3.63, 3.8) is 0 Å². The smallest absolute Gasteiger partial charge is 0.410 e. The molecule has 22 heavy (non-hydrogen) atoms. The van der Waals surface area contributed by atoms with Gasteiger partial charge in [-0.05, 0) is 18.2 Å². The summed E-state index contributed by atoms with van der Waals surface area (Å²) >= 11 is 0. The number of carbonyl (C=O) groups excluding carboxylic acids is 1. The lowest BCUT2D eigenvalue weighted by Crippen LogP contribution is -2.19. The third-order valence-corrected chi connectivity index (χ3v) is 2.31. The van der Waals surface area contributed by atoms with Gasteiger partial charge in [-0.25, -0.2) is 9.18 Å². The van der Waals surface area contributed by atoms with Crippen LogP contribution in [0.25, 0.3) is 0 Å². The van der Waals surface area contributed by atoms with E-state index < -0.39 is 24.0 Å². The lowest BCUT2D eigenvalue weighted by molar-refractivity contribution is -0.274. The van der Waals surface area contributed by atoms with E-state index in [-0.39, 0.29) is 11.4 Å². The van der Waals surface area contributed by atoms with E-state index in [0.29, 0.717) is 6.07 Å². The summed E-state index contributed by atoms with van der Waals surface area (Å²) in [5, 5.41) is 2.11. The van der Waals surface area contributed by atoms with Gasteiger partial charge >= 0.3 is 12.5 Å². The molecule has 0 unspecified atom stereocenters. The van der Waals surface area contributed by atoms with E-state index in [1.807, 2.05) is 0 Å². The molecule has 0 fully saturated rings. The van der Waals surface area contributed by atoms with Crippen LogP contribution >= 0.6 is 0 Å². The summed E-state index contributed by atoms with van der Waals surface area (Å²) in [6.07, 6.45) is -5.94. The molecule has 0 aliphatic heterocycles. The highest BCUT2D eigenvalue weighted by Crippen LogP contribution is 2.26.